The summed E-state index contributed by atoms with van der Waals surface area (Å²) in [5.41, 5.74) is 1.30. The van der Waals surface area contributed by atoms with E-state index in [1.165, 1.54) is 24.8 Å². The molecule has 2 aromatic rings. The fourth-order valence-corrected chi connectivity index (χ4v) is 2.79. The van der Waals surface area contributed by atoms with Crippen LogP contribution in [0.1, 0.15) is 49.4 Å². The van der Waals surface area contributed by atoms with Crippen LogP contribution in [-0.2, 0) is 19.5 Å². The maximum absolute atomic E-state index is 4.40. The average molecular weight is 270 g/mol. The molecule has 106 valence electrons. The van der Waals surface area contributed by atoms with Gasteiger partial charge in [0, 0.05) is 19.5 Å². The van der Waals surface area contributed by atoms with E-state index in [1.807, 2.05) is 6.07 Å². The molecule has 0 saturated carbocycles. The van der Waals surface area contributed by atoms with Gasteiger partial charge in [0.25, 0.3) is 0 Å². The van der Waals surface area contributed by atoms with Crippen LogP contribution in [0.25, 0.3) is 0 Å². The van der Waals surface area contributed by atoms with Crippen LogP contribution in [0.15, 0.2) is 30.3 Å². The Labute approximate surface area is 120 Å². The van der Waals surface area contributed by atoms with E-state index >= 15 is 0 Å². The number of fused-ring (bicyclic) bond motifs is 1. The first kappa shape index (κ1) is 13.3. The monoisotopic (exact) mass is 270 g/mol. The van der Waals surface area contributed by atoms with Crippen LogP contribution in [0, 0.1) is 0 Å². The SMILES string of the molecule is CC(NCc1ccccc1)c1nnc2n1CCCCC2. The summed E-state index contributed by atoms with van der Waals surface area (Å²) in [5.74, 6) is 2.24. The number of rotatable bonds is 4. The molecule has 1 aliphatic rings. The summed E-state index contributed by atoms with van der Waals surface area (Å²) in [6.07, 6.45) is 4.85. The lowest BCUT2D eigenvalue weighted by Crippen LogP contribution is -2.22. The average Bonchev–Trinajstić information content (AvgIpc) is 2.75. The van der Waals surface area contributed by atoms with E-state index in [2.05, 4.69) is 51.3 Å². The molecule has 1 unspecified atom stereocenters. The standard InChI is InChI=1S/C16H22N4/c1-13(17-12-14-8-4-2-5-9-14)16-19-18-15-10-6-3-7-11-20(15)16/h2,4-5,8-9,13,17H,3,6-7,10-12H2,1H3. The first-order valence-corrected chi connectivity index (χ1v) is 7.54. The highest BCUT2D eigenvalue weighted by Gasteiger charge is 2.18. The van der Waals surface area contributed by atoms with Gasteiger partial charge in [-0.25, -0.2) is 0 Å². The largest absolute Gasteiger partial charge is 0.314 e. The number of aromatic nitrogens is 3. The van der Waals surface area contributed by atoms with Gasteiger partial charge in [-0.3, -0.25) is 0 Å². The van der Waals surface area contributed by atoms with Crippen molar-refractivity contribution in [2.75, 3.05) is 0 Å². The van der Waals surface area contributed by atoms with E-state index in [0.29, 0.717) is 0 Å². The molecule has 0 saturated heterocycles. The third-order valence-corrected chi connectivity index (χ3v) is 3.98. The van der Waals surface area contributed by atoms with Gasteiger partial charge in [0.15, 0.2) is 0 Å². The lowest BCUT2D eigenvalue weighted by Gasteiger charge is -2.15. The molecule has 4 heteroatoms. The molecule has 1 aliphatic heterocycles. The van der Waals surface area contributed by atoms with Crippen molar-refractivity contribution in [1.29, 1.82) is 0 Å². The Balaban J connectivity index is 1.68. The Bertz CT molecular complexity index is 547. The number of nitrogens with one attached hydrogen (secondary N) is 1. The van der Waals surface area contributed by atoms with E-state index in [1.54, 1.807) is 0 Å². The molecular weight excluding hydrogens is 248 g/mol. The zero-order chi connectivity index (χ0) is 13.8. The van der Waals surface area contributed by atoms with Gasteiger partial charge >= 0.3 is 0 Å². The molecule has 0 amide bonds. The fourth-order valence-electron chi connectivity index (χ4n) is 2.79. The minimum atomic E-state index is 0.231. The molecule has 0 spiro atoms. The zero-order valence-electron chi connectivity index (χ0n) is 12.0. The van der Waals surface area contributed by atoms with E-state index in [9.17, 15) is 0 Å². The smallest absolute Gasteiger partial charge is 0.149 e. The lowest BCUT2D eigenvalue weighted by molar-refractivity contribution is 0.502. The third kappa shape index (κ3) is 2.90. The number of aryl methyl sites for hydroxylation is 1. The van der Waals surface area contributed by atoms with Gasteiger partial charge in [0.1, 0.15) is 11.6 Å². The second-order valence-corrected chi connectivity index (χ2v) is 5.52. The molecule has 0 fully saturated rings. The van der Waals surface area contributed by atoms with E-state index in [-0.39, 0.29) is 6.04 Å². The molecule has 0 radical (unpaired) electrons. The first-order valence-electron chi connectivity index (χ1n) is 7.54. The maximum atomic E-state index is 4.40. The van der Waals surface area contributed by atoms with Crippen LogP contribution < -0.4 is 5.32 Å². The van der Waals surface area contributed by atoms with Crippen molar-refractivity contribution in [2.45, 2.75) is 51.7 Å². The summed E-state index contributed by atoms with van der Waals surface area (Å²) >= 11 is 0. The Hall–Kier alpha value is -1.68. The summed E-state index contributed by atoms with van der Waals surface area (Å²) in [6, 6.07) is 10.7. The molecule has 0 bridgehead atoms. The molecule has 3 rings (SSSR count). The van der Waals surface area contributed by atoms with Crippen molar-refractivity contribution in [3.05, 3.63) is 47.5 Å². The van der Waals surface area contributed by atoms with Crippen molar-refractivity contribution >= 4 is 0 Å². The molecule has 1 N–H and O–H groups in total. The summed E-state index contributed by atoms with van der Waals surface area (Å²) in [5, 5.41) is 12.3. The first-order chi connectivity index (χ1) is 9.84. The minimum Gasteiger partial charge on any atom is -0.314 e. The van der Waals surface area contributed by atoms with Crippen molar-refractivity contribution in [1.82, 2.24) is 20.1 Å². The Morgan fingerprint density at radius 1 is 1.15 bits per heavy atom. The number of hydrogen-bond donors (Lipinski definition) is 1. The van der Waals surface area contributed by atoms with E-state index in [4.69, 9.17) is 0 Å². The highest BCUT2D eigenvalue weighted by Crippen LogP contribution is 2.18. The van der Waals surface area contributed by atoms with Gasteiger partial charge in [-0.15, -0.1) is 10.2 Å². The second-order valence-electron chi connectivity index (χ2n) is 5.52. The fraction of sp³-hybridized carbons (Fsp3) is 0.500. The highest BCUT2D eigenvalue weighted by molar-refractivity contribution is 5.14. The van der Waals surface area contributed by atoms with Crippen LogP contribution in [0.4, 0.5) is 0 Å². The zero-order valence-corrected chi connectivity index (χ0v) is 12.0. The second kappa shape index (κ2) is 6.18. The number of benzene rings is 1. The van der Waals surface area contributed by atoms with E-state index < -0.39 is 0 Å². The van der Waals surface area contributed by atoms with Gasteiger partial charge in [-0.1, -0.05) is 36.8 Å². The molecule has 0 aliphatic carbocycles. The quantitative estimate of drug-likeness (QED) is 0.929. The molecule has 1 atom stereocenters. The number of nitrogens with zero attached hydrogens (tertiary/aromatic N) is 3. The van der Waals surface area contributed by atoms with Crippen molar-refractivity contribution < 1.29 is 0 Å². The topological polar surface area (TPSA) is 42.7 Å². The molecule has 1 aromatic heterocycles. The van der Waals surface area contributed by atoms with Gasteiger partial charge in [-0.05, 0) is 25.3 Å². The summed E-state index contributed by atoms with van der Waals surface area (Å²) in [6.45, 7) is 4.10. The minimum absolute atomic E-state index is 0.231. The van der Waals surface area contributed by atoms with Crippen molar-refractivity contribution in [2.24, 2.45) is 0 Å². The Kier molecular flexibility index (Phi) is 4.11. The van der Waals surface area contributed by atoms with Gasteiger partial charge in [0.05, 0.1) is 6.04 Å². The Morgan fingerprint density at radius 3 is 2.85 bits per heavy atom. The lowest BCUT2D eigenvalue weighted by atomic mass is 10.2. The van der Waals surface area contributed by atoms with E-state index in [0.717, 1.165) is 31.2 Å². The molecule has 1 aromatic carbocycles. The van der Waals surface area contributed by atoms with Crippen LogP contribution in [0.2, 0.25) is 0 Å². The predicted molar refractivity (Wildman–Crippen MR) is 79.3 cm³/mol. The van der Waals surface area contributed by atoms with Crippen LogP contribution in [-0.4, -0.2) is 14.8 Å². The molecule has 20 heavy (non-hydrogen) atoms. The van der Waals surface area contributed by atoms with Gasteiger partial charge in [-0.2, -0.15) is 0 Å². The molecule has 4 nitrogen and oxygen atoms in total. The molecular formula is C16H22N4. The predicted octanol–water partition coefficient (Wildman–Crippen LogP) is 2.86. The Morgan fingerprint density at radius 2 is 2.00 bits per heavy atom. The molecule has 2 heterocycles. The van der Waals surface area contributed by atoms with Crippen molar-refractivity contribution in [3.8, 4) is 0 Å². The van der Waals surface area contributed by atoms with Crippen molar-refractivity contribution in [3.63, 3.8) is 0 Å². The summed E-state index contributed by atoms with van der Waals surface area (Å²) < 4.78 is 2.32. The summed E-state index contributed by atoms with van der Waals surface area (Å²) in [4.78, 5) is 0. The summed E-state index contributed by atoms with van der Waals surface area (Å²) in [7, 11) is 0. The van der Waals surface area contributed by atoms with Crippen LogP contribution in [0.5, 0.6) is 0 Å². The van der Waals surface area contributed by atoms with Crippen LogP contribution in [0.3, 0.4) is 0 Å². The normalized spacial score (nSPS) is 16.4. The maximum Gasteiger partial charge on any atom is 0.149 e. The third-order valence-electron chi connectivity index (χ3n) is 3.98. The van der Waals surface area contributed by atoms with Gasteiger partial charge in [0.2, 0.25) is 0 Å². The van der Waals surface area contributed by atoms with Gasteiger partial charge < -0.3 is 9.88 Å². The number of hydrogen-bond acceptors (Lipinski definition) is 3. The highest BCUT2D eigenvalue weighted by atomic mass is 15.3. The van der Waals surface area contributed by atoms with Crippen LogP contribution >= 0.6 is 0 Å².